The lowest BCUT2D eigenvalue weighted by molar-refractivity contribution is 0.100. The largest absolute Gasteiger partial charge is 0.489 e. The van der Waals surface area contributed by atoms with Gasteiger partial charge in [-0.2, -0.15) is 0 Å². The van der Waals surface area contributed by atoms with Gasteiger partial charge in [-0.3, -0.25) is 4.79 Å². The molecule has 3 aromatic carbocycles. The van der Waals surface area contributed by atoms with Gasteiger partial charge in [0.1, 0.15) is 12.4 Å². The molecular formula is C24H23NO2. The van der Waals surface area contributed by atoms with Crippen LogP contribution in [0.2, 0.25) is 0 Å². The summed E-state index contributed by atoms with van der Waals surface area (Å²) < 4.78 is 5.93. The van der Waals surface area contributed by atoms with Crippen molar-refractivity contribution < 1.29 is 9.53 Å². The lowest BCUT2D eigenvalue weighted by Gasteiger charge is -2.21. The zero-order valence-electron chi connectivity index (χ0n) is 15.5. The molecule has 3 nitrogen and oxygen atoms in total. The summed E-state index contributed by atoms with van der Waals surface area (Å²) in [5.74, 6) is 0.979. The molecule has 0 unspecified atom stereocenters. The summed E-state index contributed by atoms with van der Waals surface area (Å²) >= 11 is 0. The van der Waals surface area contributed by atoms with E-state index in [1.165, 1.54) is 5.56 Å². The standard InChI is InChI=1S/C24H23NO2/c1-18-7-9-21(10-8-18)25-14-13-20-15-22(11-12-23(20)24(26)16-25)27-17-19-5-3-2-4-6-19/h2-12,15H,13-14,16-17H2,1H3. The fourth-order valence-corrected chi connectivity index (χ4v) is 3.45. The Kier molecular flexibility index (Phi) is 4.93. The van der Waals surface area contributed by atoms with E-state index in [1.54, 1.807) is 0 Å². The van der Waals surface area contributed by atoms with Gasteiger partial charge in [0.2, 0.25) is 0 Å². The van der Waals surface area contributed by atoms with Gasteiger partial charge in [0.05, 0.1) is 6.54 Å². The average molecular weight is 357 g/mol. The molecule has 0 fully saturated rings. The summed E-state index contributed by atoms with van der Waals surface area (Å²) in [6.07, 6.45) is 0.831. The lowest BCUT2D eigenvalue weighted by atomic mass is 10.0. The summed E-state index contributed by atoms with van der Waals surface area (Å²) in [4.78, 5) is 14.9. The van der Waals surface area contributed by atoms with Crippen molar-refractivity contribution in [3.63, 3.8) is 0 Å². The molecule has 136 valence electrons. The molecule has 0 N–H and O–H groups in total. The maximum atomic E-state index is 12.8. The normalized spacial score (nSPS) is 13.8. The van der Waals surface area contributed by atoms with Crippen LogP contribution >= 0.6 is 0 Å². The number of nitrogens with zero attached hydrogens (tertiary/aromatic N) is 1. The van der Waals surface area contributed by atoms with E-state index in [0.29, 0.717) is 13.2 Å². The average Bonchev–Trinajstić information content (AvgIpc) is 2.86. The van der Waals surface area contributed by atoms with E-state index in [2.05, 4.69) is 36.1 Å². The van der Waals surface area contributed by atoms with Crippen molar-refractivity contribution >= 4 is 11.5 Å². The molecule has 27 heavy (non-hydrogen) atoms. The minimum absolute atomic E-state index is 0.165. The summed E-state index contributed by atoms with van der Waals surface area (Å²) in [5.41, 5.74) is 5.34. The number of carbonyl (C=O) groups is 1. The van der Waals surface area contributed by atoms with Crippen molar-refractivity contribution in [1.29, 1.82) is 0 Å². The number of aryl methyl sites for hydroxylation is 1. The molecule has 0 saturated heterocycles. The van der Waals surface area contributed by atoms with E-state index >= 15 is 0 Å². The summed E-state index contributed by atoms with van der Waals surface area (Å²) in [6.45, 7) is 3.84. The van der Waals surface area contributed by atoms with E-state index in [-0.39, 0.29) is 5.78 Å². The number of benzene rings is 3. The zero-order chi connectivity index (χ0) is 18.6. The SMILES string of the molecule is Cc1ccc(N2CCc3cc(OCc4ccccc4)ccc3C(=O)C2)cc1. The van der Waals surface area contributed by atoms with Gasteiger partial charge in [0.25, 0.3) is 0 Å². The van der Waals surface area contributed by atoms with E-state index in [4.69, 9.17) is 4.74 Å². The molecule has 1 aliphatic rings. The van der Waals surface area contributed by atoms with Crippen LogP contribution in [0.1, 0.15) is 27.0 Å². The maximum Gasteiger partial charge on any atom is 0.182 e. The maximum absolute atomic E-state index is 12.8. The first kappa shape index (κ1) is 17.3. The fourth-order valence-electron chi connectivity index (χ4n) is 3.45. The number of ketones is 1. The quantitative estimate of drug-likeness (QED) is 0.670. The number of carbonyl (C=O) groups excluding carboxylic acids is 1. The molecule has 0 aliphatic carbocycles. The molecule has 0 bridgehead atoms. The van der Waals surface area contributed by atoms with Crippen LogP contribution in [-0.2, 0) is 13.0 Å². The van der Waals surface area contributed by atoms with Gasteiger partial charge in [-0.15, -0.1) is 0 Å². The Bertz CT molecular complexity index is 932. The molecule has 0 aromatic heterocycles. The topological polar surface area (TPSA) is 29.5 Å². The third kappa shape index (κ3) is 4.03. The van der Waals surface area contributed by atoms with Crippen LogP contribution < -0.4 is 9.64 Å². The molecule has 3 aromatic rings. The first-order chi connectivity index (χ1) is 13.2. The molecule has 3 heteroatoms. The van der Waals surface area contributed by atoms with E-state index in [0.717, 1.165) is 41.1 Å². The minimum Gasteiger partial charge on any atom is -0.489 e. The molecule has 4 rings (SSSR count). The number of Topliss-reactive ketones (excluding diaryl/α,β-unsaturated/α-hetero) is 1. The summed E-state index contributed by atoms with van der Waals surface area (Å²) in [7, 11) is 0. The Balaban J connectivity index is 1.50. The van der Waals surface area contributed by atoms with Crippen LogP contribution in [0.5, 0.6) is 5.75 Å². The fraction of sp³-hybridized carbons (Fsp3) is 0.208. The summed E-state index contributed by atoms with van der Waals surface area (Å²) in [6, 6.07) is 24.3. The van der Waals surface area contributed by atoms with Crippen molar-refractivity contribution in [2.24, 2.45) is 0 Å². The molecule has 0 saturated carbocycles. The summed E-state index contributed by atoms with van der Waals surface area (Å²) in [5, 5.41) is 0. The van der Waals surface area contributed by atoms with Crippen molar-refractivity contribution in [3.05, 3.63) is 95.1 Å². The highest BCUT2D eigenvalue weighted by Gasteiger charge is 2.21. The molecule has 0 atom stereocenters. The number of fused-ring (bicyclic) bond motifs is 1. The van der Waals surface area contributed by atoms with Crippen molar-refractivity contribution in [2.45, 2.75) is 20.0 Å². The van der Waals surface area contributed by atoms with Crippen LogP contribution in [0.25, 0.3) is 0 Å². The number of anilines is 1. The number of hydrogen-bond acceptors (Lipinski definition) is 3. The molecule has 0 amide bonds. The Morgan fingerprint density at radius 2 is 1.74 bits per heavy atom. The molecule has 1 heterocycles. The highest BCUT2D eigenvalue weighted by molar-refractivity contribution is 6.01. The second kappa shape index (κ2) is 7.67. The van der Waals surface area contributed by atoms with E-state index in [9.17, 15) is 4.79 Å². The van der Waals surface area contributed by atoms with Crippen LogP contribution in [0.4, 0.5) is 5.69 Å². The molecule has 1 aliphatic heterocycles. The van der Waals surface area contributed by atoms with E-state index in [1.807, 2.05) is 48.5 Å². The van der Waals surface area contributed by atoms with Gasteiger partial charge in [0, 0.05) is 17.8 Å². The van der Waals surface area contributed by atoms with Crippen LogP contribution in [0.3, 0.4) is 0 Å². The van der Waals surface area contributed by atoms with Crippen molar-refractivity contribution in [3.8, 4) is 5.75 Å². The first-order valence-electron chi connectivity index (χ1n) is 9.33. The second-order valence-corrected chi connectivity index (χ2v) is 7.02. The Hall–Kier alpha value is -3.07. The smallest absolute Gasteiger partial charge is 0.182 e. The Morgan fingerprint density at radius 3 is 2.52 bits per heavy atom. The lowest BCUT2D eigenvalue weighted by Crippen LogP contribution is -2.29. The molecule has 0 spiro atoms. The van der Waals surface area contributed by atoms with Gasteiger partial charge in [-0.1, -0.05) is 48.0 Å². The number of hydrogen-bond donors (Lipinski definition) is 0. The predicted octanol–water partition coefficient (Wildman–Crippen LogP) is 4.82. The van der Waals surface area contributed by atoms with Gasteiger partial charge >= 0.3 is 0 Å². The zero-order valence-corrected chi connectivity index (χ0v) is 15.5. The minimum atomic E-state index is 0.165. The Morgan fingerprint density at radius 1 is 0.963 bits per heavy atom. The number of rotatable bonds is 4. The van der Waals surface area contributed by atoms with Gasteiger partial charge in [0.15, 0.2) is 5.78 Å². The van der Waals surface area contributed by atoms with Crippen molar-refractivity contribution in [1.82, 2.24) is 0 Å². The van der Waals surface area contributed by atoms with Crippen LogP contribution in [-0.4, -0.2) is 18.9 Å². The third-order valence-electron chi connectivity index (χ3n) is 5.01. The monoisotopic (exact) mass is 357 g/mol. The first-order valence-corrected chi connectivity index (χ1v) is 9.33. The van der Waals surface area contributed by atoms with Crippen LogP contribution in [0, 0.1) is 6.92 Å². The second-order valence-electron chi connectivity index (χ2n) is 7.02. The van der Waals surface area contributed by atoms with E-state index < -0.39 is 0 Å². The third-order valence-corrected chi connectivity index (χ3v) is 5.01. The van der Waals surface area contributed by atoms with Crippen LogP contribution in [0.15, 0.2) is 72.8 Å². The molecule has 0 radical (unpaired) electrons. The highest BCUT2D eigenvalue weighted by Crippen LogP contribution is 2.25. The van der Waals surface area contributed by atoms with Crippen molar-refractivity contribution in [2.75, 3.05) is 18.0 Å². The number of ether oxygens (including phenoxy) is 1. The Labute approximate surface area is 160 Å². The predicted molar refractivity (Wildman–Crippen MR) is 109 cm³/mol. The van der Waals surface area contributed by atoms with Gasteiger partial charge in [-0.05, 0) is 54.8 Å². The molecular weight excluding hydrogens is 334 g/mol. The highest BCUT2D eigenvalue weighted by atomic mass is 16.5. The van der Waals surface area contributed by atoms with Gasteiger partial charge in [-0.25, -0.2) is 0 Å². The van der Waals surface area contributed by atoms with Gasteiger partial charge < -0.3 is 9.64 Å².